The summed E-state index contributed by atoms with van der Waals surface area (Å²) >= 11 is 0. The first kappa shape index (κ1) is 18.7. The number of aryl methyl sites for hydroxylation is 2. The molecule has 1 aromatic heterocycles. The summed E-state index contributed by atoms with van der Waals surface area (Å²) in [5, 5.41) is 4.42. The van der Waals surface area contributed by atoms with Crippen LogP contribution in [0.25, 0.3) is 11.3 Å². The number of methoxy groups -OCH3 is 1. The number of rotatable bonds is 6. The Morgan fingerprint density at radius 3 is 2.41 bits per heavy atom. The van der Waals surface area contributed by atoms with Crippen LogP contribution in [0.1, 0.15) is 21.6 Å². The van der Waals surface area contributed by atoms with Crippen LogP contribution in [0, 0.1) is 6.92 Å². The van der Waals surface area contributed by atoms with Gasteiger partial charge in [-0.25, -0.2) is 0 Å². The number of hydrogen-bond acceptors (Lipinski definition) is 3. The minimum atomic E-state index is -0.0718. The van der Waals surface area contributed by atoms with Gasteiger partial charge in [-0.2, -0.15) is 5.10 Å². The van der Waals surface area contributed by atoms with Gasteiger partial charge in [0.25, 0.3) is 5.91 Å². The second kappa shape index (κ2) is 8.08. The number of nitrogens with zero attached hydrogens (tertiary/aromatic N) is 3. The Balaban J connectivity index is 1.67. The second-order valence-electron chi connectivity index (χ2n) is 6.73. The van der Waals surface area contributed by atoms with Gasteiger partial charge in [-0.1, -0.05) is 42.0 Å². The maximum atomic E-state index is 12.7. The highest BCUT2D eigenvalue weighted by molar-refractivity contribution is 5.93. The van der Waals surface area contributed by atoms with E-state index in [1.54, 1.807) is 16.7 Å². The van der Waals surface area contributed by atoms with E-state index in [2.05, 4.69) is 24.2 Å². The fourth-order valence-corrected chi connectivity index (χ4v) is 2.95. The molecule has 1 heterocycles. The molecule has 1 amide bonds. The maximum absolute atomic E-state index is 12.7. The molecule has 3 rings (SSSR count). The number of amides is 1. The van der Waals surface area contributed by atoms with Crippen LogP contribution >= 0.6 is 0 Å². The molecule has 0 aliphatic carbocycles. The average molecular weight is 363 g/mol. The molecule has 0 N–H and O–H groups in total. The van der Waals surface area contributed by atoms with Crippen molar-refractivity contribution in [2.45, 2.75) is 13.3 Å². The molecule has 0 radical (unpaired) electrons. The van der Waals surface area contributed by atoms with E-state index in [1.807, 2.05) is 56.6 Å². The molecule has 0 aliphatic rings. The van der Waals surface area contributed by atoms with Crippen molar-refractivity contribution in [2.75, 3.05) is 20.7 Å². The van der Waals surface area contributed by atoms with Gasteiger partial charge in [0.1, 0.15) is 5.75 Å². The van der Waals surface area contributed by atoms with Crippen LogP contribution in [0.2, 0.25) is 0 Å². The van der Waals surface area contributed by atoms with E-state index in [1.165, 1.54) is 5.56 Å². The van der Waals surface area contributed by atoms with Crippen molar-refractivity contribution in [3.8, 4) is 17.0 Å². The fourth-order valence-electron chi connectivity index (χ4n) is 2.95. The van der Waals surface area contributed by atoms with E-state index in [9.17, 15) is 4.79 Å². The zero-order chi connectivity index (χ0) is 19.4. The first-order chi connectivity index (χ1) is 13.0. The molecule has 2 aromatic carbocycles. The van der Waals surface area contributed by atoms with Crippen LogP contribution < -0.4 is 4.74 Å². The molecule has 0 aliphatic heterocycles. The normalized spacial score (nSPS) is 10.7. The minimum absolute atomic E-state index is 0.0718. The lowest BCUT2D eigenvalue weighted by Gasteiger charge is -2.15. The van der Waals surface area contributed by atoms with Crippen LogP contribution in [0.15, 0.2) is 54.6 Å². The van der Waals surface area contributed by atoms with Gasteiger partial charge >= 0.3 is 0 Å². The topological polar surface area (TPSA) is 47.4 Å². The molecule has 140 valence electrons. The molecule has 5 nitrogen and oxygen atoms in total. The van der Waals surface area contributed by atoms with Gasteiger partial charge in [0.15, 0.2) is 5.69 Å². The van der Waals surface area contributed by atoms with Crippen molar-refractivity contribution in [1.82, 2.24) is 14.7 Å². The quantitative estimate of drug-likeness (QED) is 0.671. The van der Waals surface area contributed by atoms with Gasteiger partial charge in [-0.3, -0.25) is 9.48 Å². The predicted molar refractivity (Wildman–Crippen MR) is 107 cm³/mol. The van der Waals surface area contributed by atoms with Gasteiger partial charge in [0, 0.05) is 20.6 Å². The van der Waals surface area contributed by atoms with Crippen molar-refractivity contribution in [3.05, 3.63) is 71.4 Å². The molecule has 0 unspecified atom stereocenters. The molecule has 0 fully saturated rings. The van der Waals surface area contributed by atoms with Crippen molar-refractivity contribution in [1.29, 1.82) is 0 Å². The molecule has 27 heavy (non-hydrogen) atoms. The van der Waals surface area contributed by atoms with E-state index in [-0.39, 0.29) is 5.91 Å². The fraction of sp³-hybridized carbons (Fsp3) is 0.273. The highest BCUT2D eigenvalue weighted by atomic mass is 16.5. The summed E-state index contributed by atoms with van der Waals surface area (Å²) in [6.07, 6.45) is 0.782. The number of ether oxygens (including phenoxy) is 1. The number of hydrogen-bond donors (Lipinski definition) is 0. The van der Waals surface area contributed by atoms with E-state index in [0.717, 1.165) is 29.0 Å². The average Bonchev–Trinajstić information content (AvgIpc) is 3.08. The first-order valence-corrected chi connectivity index (χ1v) is 8.97. The van der Waals surface area contributed by atoms with E-state index in [4.69, 9.17) is 4.74 Å². The largest absolute Gasteiger partial charge is 0.497 e. The Morgan fingerprint density at radius 1 is 1.11 bits per heavy atom. The number of aromatic nitrogens is 2. The Kier molecular flexibility index (Phi) is 5.60. The molecular formula is C22H25N3O2. The molecular weight excluding hydrogens is 338 g/mol. The molecule has 5 heteroatoms. The molecule has 0 saturated heterocycles. The SMILES string of the molecule is COc1ccc(CCN(C)C(=O)c2cc(-c3ccc(C)cc3)n(C)n2)cc1. The van der Waals surface area contributed by atoms with E-state index >= 15 is 0 Å². The van der Waals surface area contributed by atoms with Crippen LogP contribution in [0.5, 0.6) is 5.75 Å². The Bertz CT molecular complexity index is 912. The van der Waals surface area contributed by atoms with E-state index in [0.29, 0.717) is 12.2 Å². The highest BCUT2D eigenvalue weighted by Gasteiger charge is 2.17. The number of benzene rings is 2. The summed E-state index contributed by atoms with van der Waals surface area (Å²) < 4.78 is 6.93. The summed E-state index contributed by atoms with van der Waals surface area (Å²) in [5.41, 5.74) is 4.81. The minimum Gasteiger partial charge on any atom is -0.497 e. The van der Waals surface area contributed by atoms with Crippen molar-refractivity contribution >= 4 is 5.91 Å². The van der Waals surface area contributed by atoms with E-state index < -0.39 is 0 Å². The molecule has 0 bridgehead atoms. The Hall–Kier alpha value is -3.08. The van der Waals surface area contributed by atoms with Gasteiger partial charge in [0.05, 0.1) is 12.8 Å². The summed E-state index contributed by atoms with van der Waals surface area (Å²) in [6, 6.07) is 18.0. The number of carbonyl (C=O) groups is 1. The van der Waals surface area contributed by atoms with Crippen molar-refractivity contribution in [2.24, 2.45) is 7.05 Å². The summed E-state index contributed by atoms with van der Waals surface area (Å²) in [7, 11) is 5.33. The van der Waals surface area contributed by atoms with Crippen LogP contribution in [-0.4, -0.2) is 41.3 Å². The Labute approximate surface area is 160 Å². The zero-order valence-corrected chi connectivity index (χ0v) is 16.3. The van der Waals surface area contributed by atoms with Gasteiger partial charge in [-0.05, 0) is 42.7 Å². The molecule has 0 atom stereocenters. The Morgan fingerprint density at radius 2 is 1.78 bits per heavy atom. The van der Waals surface area contributed by atoms with Crippen molar-refractivity contribution < 1.29 is 9.53 Å². The zero-order valence-electron chi connectivity index (χ0n) is 16.3. The molecule has 0 spiro atoms. The lowest BCUT2D eigenvalue weighted by atomic mass is 10.1. The van der Waals surface area contributed by atoms with Crippen LogP contribution in [0.3, 0.4) is 0 Å². The molecule has 3 aromatic rings. The lowest BCUT2D eigenvalue weighted by molar-refractivity contribution is 0.0790. The summed E-state index contributed by atoms with van der Waals surface area (Å²) in [5.74, 6) is 0.762. The third kappa shape index (κ3) is 4.37. The lowest BCUT2D eigenvalue weighted by Crippen LogP contribution is -2.29. The third-order valence-electron chi connectivity index (χ3n) is 4.69. The first-order valence-electron chi connectivity index (χ1n) is 8.97. The van der Waals surface area contributed by atoms with Crippen LogP contribution in [-0.2, 0) is 13.5 Å². The van der Waals surface area contributed by atoms with Crippen molar-refractivity contribution in [3.63, 3.8) is 0 Å². The van der Waals surface area contributed by atoms with Gasteiger partial charge in [-0.15, -0.1) is 0 Å². The predicted octanol–water partition coefficient (Wildman–Crippen LogP) is 3.72. The smallest absolute Gasteiger partial charge is 0.274 e. The maximum Gasteiger partial charge on any atom is 0.274 e. The number of carbonyl (C=O) groups excluding carboxylic acids is 1. The van der Waals surface area contributed by atoms with Gasteiger partial charge in [0.2, 0.25) is 0 Å². The second-order valence-corrected chi connectivity index (χ2v) is 6.73. The standard InChI is InChI=1S/C22H25N3O2/c1-16-5-9-18(10-6-16)21-15-20(23-25(21)3)22(26)24(2)14-13-17-7-11-19(27-4)12-8-17/h5-12,15H,13-14H2,1-4H3. The summed E-state index contributed by atoms with van der Waals surface area (Å²) in [4.78, 5) is 14.5. The molecule has 0 saturated carbocycles. The van der Waals surface area contributed by atoms with Crippen LogP contribution in [0.4, 0.5) is 0 Å². The number of likely N-dealkylation sites (N-methyl/N-ethyl adjacent to an activating group) is 1. The monoisotopic (exact) mass is 363 g/mol. The highest BCUT2D eigenvalue weighted by Crippen LogP contribution is 2.21. The third-order valence-corrected chi connectivity index (χ3v) is 4.69. The van der Waals surface area contributed by atoms with Gasteiger partial charge < -0.3 is 9.64 Å². The summed E-state index contributed by atoms with van der Waals surface area (Å²) in [6.45, 7) is 2.68.